The highest BCUT2D eigenvalue weighted by Gasteiger charge is 2.21. The first-order valence-electron chi connectivity index (χ1n) is 5.62. The summed E-state index contributed by atoms with van der Waals surface area (Å²) in [5.74, 6) is 5.27. The lowest BCUT2D eigenvalue weighted by Gasteiger charge is -2.11. The van der Waals surface area contributed by atoms with Gasteiger partial charge in [0.25, 0.3) is 10.0 Å². The fourth-order valence-corrected chi connectivity index (χ4v) is 2.95. The minimum atomic E-state index is -4.02. The van der Waals surface area contributed by atoms with Crippen molar-refractivity contribution in [1.82, 2.24) is 4.98 Å². The van der Waals surface area contributed by atoms with Gasteiger partial charge in [-0.2, -0.15) is 13.7 Å². The lowest BCUT2D eigenvalue weighted by Crippen LogP contribution is -2.19. The number of benzene rings is 1. The molecule has 0 fully saturated rings. The summed E-state index contributed by atoms with van der Waals surface area (Å²) in [6.45, 7) is 0. The van der Waals surface area contributed by atoms with Crippen molar-refractivity contribution >= 4 is 33.0 Å². The molecule has 0 aliphatic rings. The summed E-state index contributed by atoms with van der Waals surface area (Å²) in [6.07, 6.45) is 1.32. The van der Waals surface area contributed by atoms with Crippen LogP contribution < -0.4 is 16.0 Å². The van der Waals surface area contributed by atoms with E-state index in [1.54, 1.807) is 0 Å². The number of nitrogen functional groups attached to an aromatic ring is 1. The number of nitriles is 1. The molecule has 21 heavy (non-hydrogen) atoms. The Morgan fingerprint density at radius 1 is 1.29 bits per heavy atom. The standard InChI is InChI=1S/C12H10ClN5O2S/c13-9-4-3-8(7-14)11(6-9)18-21(19,20)12-10(17-15)2-1-5-16-12/h1-6,17-18H,15H2. The maximum absolute atomic E-state index is 12.3. The number of nitrogens with zero attached hydrogens (tertiary/aromatic N) is 2. The molecule has 4 N–H and O–H groups in total. The lowest BCUT2D eigenvalue weighted by atomic mass is 10.2. The third-order valence-electron chi connectivity index (χ3n) is 2.53. The van der Waals surface area contributed by atoms with Crippen LogP contribution in [0.4, 0.5) is 11.4 Å². The highest BCUT2D eigenvalue weighted by molar-refractivity contribution is 7.92. The molecule has 0 radical (unpaired) electrons. The highest BCUT2D eigenvalue weighted by atomic mass is 35.5. The fraction of sp³-hybridized carbons (Fsp3) is 0. The van der Waals surface area contributed by atoms with E-state index in [0.29, 0.717) is 5.02 Å². The summed E-state index contributed by atoms with van der Waals surface area (Å²) in [6, 6.07) is 9.13. The first kappa shape index (κ1) is 15.1. The van der Waals surface area contributed by atoms with E-state index in [-0.39, 0.29) is 22.0 Å². The Bertz CT molecular complexity index is 817. The van der Waals surface area contributed by atoms with Gasteiger partial charge in [-0.1, -0.05) is 11.6 Å². The van der Waals surface area contributed by atoms with Crippen molar-refractivity contribution in [3.8, 4) is 6.07 Å². The second-order valence-electron chi connectivity index (χ2n) is 3.91. The molecule has 0 aliphatic heterocycles. The van der Waals surface area contributed by atoms with Crippen molar-refractivity contribution in [2.45, 2.75) is 5.03 Å². The lowest BCUT2D eigenvalue weighted by molar-refractivity contribution is 0.598. The van der Waals surface area contributed by atoms with Gasteiger partial charge in [-0.05, 0) is 30.3 Å². The summed E-state index contributed by atoms with van der Waals surface area (Å²) in [4.78, 5) is 3.79. The highest BCUT2D eigenvalue weighted by Crippen LogP contribution is 2.25. The van der Waals surface area contributed by atoms with Gasteiger partial charge in [-0.25, -0.2) is 4.98 Å². The number of halogens is 1. The Labute approximate surface area is 126 Å². The van der Waals surface area contributed by atoms with E-state index in [1.165, 1.54) is 36.5 Å². The minimum Gasteiger partial charge on any atom is -0.321 e. The molecule has 1 aromatic carbocycles. The molecule has 9 heteroatoms. The zero-order valence-electron chi connectivity index (χ0n) is 10.5. The Hall–Kier alpha value is -2.34. The first-order chi connectivity index (χ1) is 9.97. The van der Waals surface area contributed by atoms with Crippen molar-refractivity contribution in [2.75, 3.05) is 10.1 Å². The van der Waals surface area contributed by atoms with E-state index in [0.717, 1.165) is 0 Å². The van der Waals surface area contributed by atoms with Crippen molar-refractivity contribution in [3.63, 3.8) is 0 Å². The van der Waals surface area contributed by atoms with Crippen molar-refractivity contribution < 1.29 is 8.42 Å². The molecule has 0 saturated carbocycles. The smallest absolute Gasteiger partial charge is 0.281 e. The molecule has 0 spiro atoms. The molecule has 0 atom stereocenters. The molecular formula is C12H10ClN5O2S. The second kappa shape index (κ2) is 5.97. The molecule has 1 aromatic heterocycles. The van der Waals surface area contributed by atoms with Crippen LogP contribution in [-0.2, 0) is 10.0 Å². The van der Waals surface area contributed by atoms with Gasteiger partial charge in [0.15, 0.2) is 0 Å². The molecule has 0 saturated heterocycles. The second-order valence-corrected chi connectivity index (χ2v) is 5.94. The van der Waals surface area contributed by atoms with Gasteiger partial charge in [-0.15, -0.1) is 0 Å². The Balaban J connectivity index is 2.48. The largest absolute Gasteiger partial charge is 0.321 e. The summed E-state index contributed by atoms with van der Waals surface area (Å²) >= 11 is 5.82. The molecule has 0 unspecified atom stereocenters. The molecule has 0 bridgehead atoms. The molecule has 0 aliphatic carbocycles. The van der Waals surface area contributed by atoms with E-state index in [1.807, 2.05) is 6.07 Å². The van der Waals surface area contributed by atoms with Crippen LogP contribution in [0.5, 0.6) is 0 Å². The number of hydrazine groups is 1. The number of aromatic nitrogens is 1. The average molecular weight is 324 g/mol. The van der Waals surface area contributed by atoms with Gasteiger partial charge in [0.05, 0.1) is 16.9 Å². The predicted molar refractivity (Wildman–Crippen MR) is 79.0 cm³/mol. The third kappa shape index (κ3) is 3.22. The summed E-state index contributed by atoms with van der Waals surface area (Å²) in [7, 11) is -4.02. The molecule has 2 aromatic rings. The van der Waals surface area contributed by atoms with Crippen LogP contribution in [0.3, 0.4) is 0 Å². The van der Waals surface area contributed by atoms with Crippen LogP contribution in [0.2, 0.25) is 5.02 Å². The maximum Gasteiger partial charge on any atom is 0.281 e. The van der Waals surface area contributed by atoms with Gasteiger partial charge in [0.1, 0.15) is 6.07 Å². The van der Waals surface area contributed by atoms with Crippen LogP contribution in [0, 0.1) is 11.3 Å². The third-order valence-corrected chi connectivity index (χ3v) is 4.09. The quantitative estimate of drug-likeness (QED) is 0.581. The van der Waals surface area contributed by atoms with E-state index in [4.69, 9.17) is 22.7 Å². The number of hydrogen-bond donors (Lipinski definition) is 3. The Kier molecular flexibility index (Phi) is 4.28. The number of hydrogen-bond acceptors (Lipinski definition) is 6. The zero-order valence-corrected chi connectivity index (χ0v) is 12.1. The van der Waals surface area contributed by atoms with E-state index in [2.05, 4.69) is 15.1 Å². The normalized spacial score (nSPS) is 10.7. The number of anilines is 2. The average Bonchev–Trinajstić information content (AvgIpc) is 2.47. The van der Waals surface area contributed by atoms with Gasteiger partial charge >= 0.3 is 0 Å². The Morgan fingerprint density at radius 2 is 2.05 bits per heavy atom. The molecular weight excluding hydrogens is 314 g/mol. The predicted octanol–water partition coefficient (Wildman–Crippen LogP) is 1.69. The monoisotopic (exact) mass is 323 g/mol. The summed E-state index contributed by atoms with van der Waals surface area (Å²) in [5, 5.41) is 9.02. The van der Waals surface area contributed by atoms with E-state index < -0.39 is 10.0 Å². The molecule has 1 heterocycles. The number of rotatable bonds is 4. The number of sulfonamides is 1. The van der Waals surface area contributed by atoms with Crippen LogP contribution >= 0.6 is 11.6 Å². The van der Waals surface area contributed by atoms with Crippen molar-refractivity contribution in [3.05, 3.63) is 47.1 Å². The molecule has 2 rings (SSSR count). The topological polar surface area (TPSA) is 121 Å². The summed E-state index contributed by atoms with van der Waals surface area (Å²) < 4.78 is 27.0. The van der Waals surface area contributed by atoms with Crippen molar-refractivity contribution in [2.24, 2.45) is 5.84 Å². The SMILES string of the molecule is N#Cc1ccc(Cl)cc1NS(=O)(=O)c1ncccc1NN. The Morgan fingerprint density at radius 3 is 2.71 bits per heavy atom. The van der Waals surface area contributed by atoms with Crippen LogP contribution in [0.25, 0.3) is 0 Å². The molecule has 108 valence electrons. The van der Waals surface area contributed by atoms with Gasteiger partial charge in [0.2, 0.25) is 5.03 Å². The fourth-order valence-electron chi connectivity index (χ4n) is 1.61. The molecule has 0 amide bonds. The molecule has 7 nitrogen and oxygen atoms in total. The number of nitrogens with two attached hydrogens (primary N) is 1. The van der Waals surface area contributed by atoms with E-state index in [9.17, 15) is 8.42 Å². The van der Waals surface area contributed by atoms with Gasteiger partial charge in [0, 0.05) is 11.2 Å². The van der Waals surface area contributed by atoms with Crippen LogP contribution in [-0.4, -0.2) is 13.4 Å². The zero-order chi connectivity index (χ0) is 15.5. The van der Waals surface area contributed by atoms with Crippen molar-refractivity contribution in [1.29, 1.82) is 5.26 Å². The van der Waals surface area contributed by atoms with Crippen LogP contribution in [0.15, 0.2) is 41.6 Å². The minimum absolute atomic E-state index is 0.0682. The van der Waals surface area contributed by atoms with E-state index >= 15 is 0 Å². The van der Waals surface area contributed by atoms with Gasteiger partial charge < -0.3 is 5.43 Å². The van der Waals surface area contributed by atoms with Crippen LogP contribution in [0.1, 0.15) is 5.56 Å². The summed E-state index contributed by atoms with van der Waals surface area (Å²) in [5.41, 5.74) is 2.59. The first-order valence-corrected chi connectivity index (χ1v) is 7.48. The maximum atomic E-state index is 12.3. The number of pyridine rings is 1. The number of nitrogens with one attached hydrogen (secondary N) is 2. The van der Waals surface area contributed by atoms with Gasteiger partial charge in [-0.3, -0.25) is 10.6 Å².